The van der Waals surface area contributed by atoms with Gasteiger partial charge in [0, 0.05) is 16.6 Å². The summed E-state index contributed by atoms with van der Waals surface area (Å²) in [5.41, 5.74) is 7.55. The van der Waals surface area contributed by atoms with Gasteiger partial charge in [0.2, 0.25) is 11.8 Å². The van der Waals surface area contributed by atoms with Gasteiger partial charge in [-0.25, -0.2) is 4.39 Å². The van der Waals surface area contributed by atoms with E-state index in [1.54, 1.807) is 24.3 Å². The Morgan fingerprint density at radius 2 is 1.93 bits per heavy atom. The fourth-order valence-corrected chi connectivity index (χ4v) is 3.19. The molecule has 0 radical (unpaired) electrons. The van der Waals surface area contributed by atoms with E-state index in [1.807, 2.05) is 23.6 Å². The smallest absolute Gasteiger partial charge is 0.248 e. The van der Waals surface area contributed by atoms with Crippen molar-refractivity contribution in [1.29, 1.82) is 0 Å². The van der Waals surface area contributed by atoms with Gasteiger partial charge in [0.15, 0.2) is 0 Å². The SMILES string of the molecule is Nc1cc(F)ccc1NC(=O)C=Cc1cccc(NC(=O)Cc2cccs2)c1. The van der Waals surface area contributed by atoms with Crippen LogP contribution in [0.2, 0.25) is 0 Å². The van der Waals surface area contributed by atoms with Gasteiger partial charge < -0.3 is 16.4 Å². The number of nitrogens with one attached hydrogen (secondary N) is 2. The first kappa shape index (κ1) is 19.3. The van der Waals surface area contributed by atoms with Gasteiger partial charge in [0.1, 0.15) is 5.82 Å². The van der Waals surface area contributed by atoms with Crippen LogP contribution >= 0.6 is 11.3 Å². The highest BCUT2D eigenvalue weighted by atomic mass is 32.1. The number of thiophene rings is 1. The molecular formula is C21H18FN3O2S. The number of anilines is 3. The molecule has 2 aromatic carbocycles. The molecule has 0 aliphatic carbocycles. The summed E-state index contributed by atoms with van der Waals surface area (Å²) in [6.45, 7) is 0. The van der Waals surface area contributed by atoms with Crippen LogP contribution in [0.15, 0.2) is 66.1 Å². The third-order valence-corrected chi connectivity index (χ3v) is 4.66. The Hall–Kier alpha value is -3.45. The summed E-state index contributed by atoms with van der Waals surface area (Å²) in [4.78, 5) is 25.1. The van der Waals surface area contributed by atoms with E-state index in [9.17, 15) is 14.0 Å². The molecule has 0 saturated heterocycles. The second kappa shape index (κ2) is 8.96. The van der Waals surface area contributed by atoms with E-state index in [1.165, 1.54) is 29.5 Å². The van der Waals surface area contributed by atoms with Crippen molar-refractivity contribution in [2.75, 3.05) is 16.4 Å². The van der Waals surface area contributed by atoms with Crippen LogP contribution in [0, 0.1) is 5.82 Å². The average molecular weight is 395 g/mol. The normalized spacial score (nSPS) is 10.8. The van der Waals surface area contributed by atoms with Crippen LogP contribution in [-0.4, -0.2) is 11.8 Å². The molecular weight excluding hydrogens is 377 g/mol. The van der Waals surface area contributed by atoms with Gasteiger partial charge in [-0.15, -0.1) is 11.3 Å². The number of carbonyl (C=O) groups is 2. The molecule has 0 bridgehead atoms. The maximum atomic E-state index is 13.1. The molecule has 0 atom stereocenters. The standard InChI is InChI=1S/C21H18FN3O2S/c22-15-7-8-19(18(23)12-15)25-20(26)9-6-14-3-1-4-16(11-14)24-21(27)13-17-5-2-10-28-17/h1-12H,13,23H2,(H,24,27)(H,25,26). The first-order valence-corrected chi connectivity index (χ1v) is 9.34. The zero-order valence-electron chi connectivity index (χ0n) is 14.8. The lowest BCUT2D eigenvalue weighted by Crippen LogP contribution is -2.13. The van der Waals surface area contributed by atoms with Crippen LogP contribution in [0.3, 0.4) is 0 Å². The van der Waals surface area contributed by atoms with Gasteiger partial charge >= 0.3 is 0 Å². The molecule has 142 valence electrons. The molecule has 1 heterocycles. The predicted molar refractivity (Wildman–Crippen MR) is 112 cm³/mol. The summed E-state index contributed by atoms with van der Waals surface area (Å²) in [5.74, 6) is -0.970. The van der Waals surface area contributed by atoms with E-state index in [0.29, 0.717) is 17.8 Å². The molecule has 3 rings (SSSR count). The number of amides is 2. The summed E-state index contributed by atoms with van der Waals surface area (Å²) >= 11 is 1.53. The molecule has 0 spiro atoms. The maximum Gasteiger partial charge on any atom is 0.248 e. The quantitative estimate of drug-likeness (QED) is 0.430. The van der Waals surface area contributed by atoms with Gasteiger partial charge in [0.05, 0.1) is 17.8 Å². The van der Waals surface area contributed by atoms with Gasteiger partial charge in [0.25, 0.3) is 0 Å². The first-order valence-electron chi connectivity index (χ1n) is 8.46. The Labute approximate surface area is 165 Å². The second-order valence-corrected chi connectivity index (χ2v) is 7.02. The molecule has 28 heavy (non-hydrogen) atoms. The molecule has 4 N–H and O–H groups in total. The highest BCUT2D eigenvalue weighted by Crippen LogP contribution is 2.19. The van der Waals surface area contributed by atoms with Crippen molar-refractivity contribution in [1.82, 2.24) is 0 Å². The minimum Gasteiger partial charge on any atom is -0.397 e. The Morgan fingerprint density at radius 3 is 2.68 bits per heavy atom. The Balaban J connectivity index is 1.60. The number of rotatable bonds is 6. The van der Waals surface area contributed by atoms with E-state index in [4.69, 9.17) is 5.73 Å². The van der Waals surface area contributed by atoms with Crippen LogP contribution in [0.5, 0.6) is 0 Å². The van der Waals surface area contributed by atoms with Crippen molar-refractivity contribution in [3.63, 3.8) is 0 Å². The zero-order valence-corrected chi connectivity index (χ0v) is 15.6. The van der Waals surface area contributed by atoms with Crippen molar-refractivity contribution in [3.8, 4) is 0 Å². The molecule has 5 nitrogen and oxygen atoms in total. The van der Waals surface area contributed by atoms with Gasteiger partial charge in [-0.1, -0.05) is 18.2 Å². The summed E-state index contributed by atoms with van der Waals surface area (Å²) in [7, 11) is 0. The monoisotopic (exact) mass is 395 g/mol. The Morgan fingerprint density at radius 1 is 1.07 bits per heavy atom. The largest absolute Gasteiger partial charge is 0.397 e. The number of nitrogen functional groups attached to an aromatic ring is 1. The lowest BCUT2D eigenvalue weighted by molar-refractivity contribution is -0.115. The predicted octanol–water partition coefficient (Wildman–Crippen LogP) is 4.30. The fraction of sp³-hybridized carbons (Fsp3) is 0.0476. The topological polar surface area (TPSA) is 84.2 Å². The molecule has 0 aliphatic heterocycles. The van der Waals surface area contributed by atoms with Crippen molar-refractivity contribution in [3.05, 3.63) is 82.3 Å². The summed E-state index contributed by atoms with van der Waals surface area (Å²) < 4.78 is 13.1. The molecule has 0 aliphatic rings. The Bertz CT molecular complexity index is 1020. The Kier molecular flexibility index (Phi) is 6.18. The van der Waals surface area contributed by atoms with Crippen LogP contribution < -0.4 is 16.4 Å². The molecule has 2 amide bonds. The second-order valence-electron chi connectivity index (χ2n) is 5.98. The molecule has 0 unspecified atom stereocenters. The molecule has 7 heteroatoms. The minimum absolute atomic E-state index is 0.104. The van der Waals surface area contributed by atoms with E-state index in [2.05, 4.69) is 10.6 Å². The minimum atomic E-state index is -0.469. The number of hydrogen-bond acceptors (Lipinski definition) is 4. The number of nitrogens with two attached hydrogens (primary N) is 1. The summed E-state index contributed by atoms with van der Waals surface area (Å²) in [6.07, 6.45) is 3.28. The highest BCUT2D eigenvalue weighted by Gasteiger charge is 2.06. The van der Waals surface area contributed by atoms with Crippen LogP contribution in [0.4, 0.5) is 21.5 Å². The molecule has 3 aromatic rings. The molecule has 1 aromatic heterocycles. The third-order valence-electron chi connectivity index (χ3n) is 3.78. The molecule has 0 fully saturated rings. The van der Waals surface area contributed by atoms with Crippen molar-refractivity contribution < 1.29 is 14.0 Å². The number of carbonyl (C=O) groups excluding carboxylic acids is 2. The lowest BCUT2D eigenvalue weighted by atomic mass is 10.1. The number of halogens is 1. The fourth-order valence-electron chi connectivity index (χ4n) is 2.49. The van der Waals surface area contributed by atoms with Gasteiger partial charge in [-0.2, -0.15) is 0 Å². The van der Waals surface area contributed by atoms with E-state index < -0.39 is 11.7 Å². The summed E-state index contributed by atoms with van der Waals surface area (Å²) in [5, 5.41) is 7.36. The highest BCUT2D eigenvalue weighted by molar-refractivity contribution is 7.10. The van der Waals surface area contributed by atoms with Crippen molar-refractivity contribution >= 4 is 46.3 Å². The molecule has 0 saturated carbocycles. The zero-order chi connectivity index (χ0) is 19.9. The van der Waals surface area contributed by atoms with Crippen LogP contribution in [-0.2, 0) is 16.0 Å². The van der Waals surface area contributed by atoms with Gasteiger partial charge in [-0.3, -0.25) is 9.59 Å². The van der Waals surface area contributed by atoms with Crippen molar-refractivity contribution in [2.45, 2.75) is 6.42 Å². The van der Waals surface area contributed by atoms with Crippen LogP contribution in [0.1, 0.15) is 10.4 Å². The lowest BCUT2D eigenvalue weighted by Gasteiger charge is -2.06. The average Bonchev–Trinajstić information content (AvgIpc) is 3.15. The maximum absolute atomic E-state index is 13.1. The van der Waals surface area contributed by atoms with E-state index in [0.717, 1.165) is 16.5 Å². The number of benzene rings is 2. The van der Waals surface area contributed by atoms with Crippen LogP contribution in [0.25, 0.3) is 6.08 Å². The van der Waals surface area contributed by atoms with E-state index in [-0.39, 0.29) is 11.6 Å². The third kappa shape index (κ3) is 5.52. The number of hydrogen-bond donors (Lipinski definition) is 3. The first-order chi connectivity index (χ1) is 13.5. The summed E-state index contributed by atoms with van der Waals surface area (Å²) in [6, 6.07) is 14.7. The van der Waals surface area contributed by atoms with E-state index >= 15 is 0 Å². The van der Waals surface area contributed by atoms with Gasteiger partial charge in [-0.05, 0) is 53.4 Å². The van der Waals surface area contributed by atoms with Crippen molar-refractivity contribution in [2.24, 2.45) is 0 Å².